The van der Waals surface area contributed by atoms with E-state index < -0.39 is 11.9 Å². The van der Waals surface area contributed by atoms with Crippen molar-refractivity contribution >= 4 is 93.1 Å². The van der Waals surface area contributed by atoms with E-state index in [0.29, 0.717) is 63.2 Å². The molecular weight excluding hydrogens is 1620 g/mol. The molecule has 4 aromatic carbocycles. The normalized spacial score (nSPS) is 13.9. The number of fused-ring (bicyclic) bond motifs is 4. The number of carbonyl (C=O) groups excluding carboxylic acids is 2. The van der Waals surface area contributed by atoms with Crippen LogP contribution >= 0.6 is 15.9 Å². The molecule has 1 fully saturated rings. The molecule has 122 heavy (non-hydrogen) atoms. The Morgan fingerprint density at radius 2 is 0.672 bits per heavy atom. The molecule has 10 N–H and O–H groups in total. The molecule has 5 aliphatic rings. The Hall–Kier alpha value is -13.5. The summed E-state index contributed by atoms with van der Waals surface area (Å²) in [6.45, 7) is 24.4. The van der Waals surface area contributed by atoms with Crippen molar-refractivity contribution in [3.63, 3.8) is 0 Å². The average Bonchev–Trinajstić information content (AvgIpc) is 1.62. The third-order valence-electron chi connectivity index (χ3n) is 19.9. The molecule has 9 heterocycles. The van der Waals surface area contributed by atoms with E-state index in [1.807, 2.05) is 116 Å². The van der Waals surface area contributed by atoms with Crippen LogP contribution in [0.25, 0.3) is 68.0 Å². The van der Waals surface area contributed by atoms with Gasteiger partial charge in [0.05, 0.1) is 33.5 Å². The number of rotatable bonds is 20. The molecular formula is C89H95BBrN19O12. The molecule has 0 atom stereocenters. The molecule has 1 aliphatic heterocycles. The predicted molar refractivity (Wildman–Crippen MR) is 470 cm³/mol. The minimum absolute atomic E-state index is 0.155. The number of aromatic carboxylic acids is 2. The van der Waals surface area contributed by atoms with E-state index >= 15 is 0 Å². The van der Waals surface area contributed by atoms with Gasteiger partial charge in [-0.25, -0.2) is 9.59 Å². The van der Waals surface area contributed by atoms with E-state index in [-0.39, 0.29) is 65.4 Å². The van der Waals surface area contributed by atoms with Crippen molar-refractivity contribution in [1.29, 1.82) is 0 Å². The highest BCUT2D eigenvalue weighted by molar-refractivity contribution is 9.10. The first-order valence-corrected chi connectivity index (χ1v) is 40.3. The largest absolute Gasteiger partial charge is 0.495 e. The van der Waals surface area contributed by atoms with Gasteiger partial charge in [0.15, 0.2) is 0 Å². The van der Waals surface area contributed by atoms with Crippen LogP contribution in [-0.4, -0.2) is 158 Å². The van der Waals surface area contributed by atoms with Crippen LogP contribution in [0.3, 0.4) is 0 Å². The number of anilines is 4. The van der Waals surface area contributed by atoms with Gasteiger partial charge in [-0.1, -0.05) is 69.0 Å². The van der Waals surface area contributed by atoms with Crippen LogP contribution in [-0.2, 0) is 35.0 Å². The predicted octanol–water partition coefficient (Wildman–Crippen LogP) is 15.5. The van der Waals surface area contributed by atoms with Crippen molar-refractivity contribution in [3.05, 3.63) is 259 Å². The minimum atomic E-state index is -0.993. The highest BCUT2D eigenvalue weighted by atomic mass is 79.9. The fraction of sp³-hybridized carbons (Fsp3) is 0.281. The van der Waals surface area contributed by atoms with E-state index in [4.69, 9.17) is 32.1 Å². The number of nitrogens with one attached hydrogen (secondary N) is 6. The molecule has 1 saturated heterocycles. The number of nitrogens with zero attached hydrogens (tertiary/aromatic N) is 12. The Morgan fingerprint density at radius 1 is 0.385 bits per heavy atom. The highest BCUT2D eigenvalue weighted by Gasteiger charge is 2.53. The van der Waals surface area contributed by atoms with Crippen molar-refractivity contribution in [1.82, 2.24) is 71.4 Å². The van der Waals surface area contributed by atoms with Crippen molar-refractivity contribution in [2.45, 2.75) is 144 Å². The van der Waals surface area contributed by atoms with Crippen LogP contribution in [0, 0.1) is 0 Å². The number of aromatic nitrogens is 12. The molecule has 31 nitrogen and oxygen atoms in total. The SMILES string of the molecule is CC(C)Nc1nnc(-c2ccc3c(c2)C(B2OC(C)(C)C(C)(C)O2)=CC3)o1.CC(C)Nc1nnc(-c2ccc3c(c2)C(c2cncc(C(=O)O)c2)=CC3)o1.CN.CNC(=O)c1cncc(C2=CCc3ccc(-c4nnc(NC(C)C)o4)cc32)c1.CNC(=O)c1cncc(C2=CCc3ccc(-c4nnc(NC(C)C)o4)cc32)c1.O=C(O)c1cncc(Br)c1. The van der Waals surface area contributed by atoms with Gasteiger partial charge in [0, 0.05) is 131 Å². The van der Waals surface area contributed by atoms with E-state index in [2.05, 4.69) is 191 Å². The van der Waals surface area contributed by atoms with Crippen LogP contribution in [0.1, 0.15) is 186 Å². The minimum Gasteiger partial charge on any atom is -0.478 e. The standard InChI is InChI=1S/2C21H21N5O2.C20H26BN3O3.C20H18N4O3.C6H4BrNO2.CH5N/c2*1-12(2)24-21-26-25-20(28-21)14-5-4-13-6-7-17(18(13)9-14)15-8-16(11-23-10-15)19(27)22-3;1-12(2)22-18-24-23-17(25-18)14-8-7-13-9-10-16(15(13)11-14)21-26-19(3,4)20(5,6)27-21;1-11(2)22-20-24-23-18(27-20)13-4-3-12-5-6-16(17(12)8-13)14-7-15(19(25)26)10-21-9-14;7-5-1-4(6(9)10)2-8-3-5;1-2/h2*4-5,7-12H,6H2,1-3H3,(H,22,27)(H,24,26);7-8,10-12H,9H2,1-6H3,(H,22,24);3-4,6-11H,5H2,1-2H3,(H,22,24)(H,25,26);1-3H,(H,9,10);2H2,1H3. The quantitative estimate of drug-likeness (QED) is 0.0320. The lowest BCUT2D eigenvalue weighted by atomic mass is 9.75. The molecule has 33 heteroatoms. The Bertz CT molecular complexity index is 5770. The van der Waals surface area contributed by atoms with E-state index in [9.17, 15) is 24.3 Å². The van der Waals surface area contributed by atoms with E-state index in [0.717, 1.165) is 115 Å². The Balaban J connectivity index is 0.000000142. The van der Waals surface area contributed by atoms with Gasteiger partial charge in [-0.3, -0.25) is 29.5 Å². The molecule has 2 amide bonds. The van der Waals surface area contributed by atoms with Crippen molar-refractivity contribution < 1.29 is 56.4 Å². The summed E-state index contributed by atoms with van der Waals surface area (Å²) in [6.07, 6.45) is 24.4. The lowest BCUT2D eigenvalue weighted by Crippen LogP contribution is -2.41. The number of pyridine rings is 4. The first kappa shape index (κ1) is 87.8. The number of carbonyl (C=O) groups is 4. The Morgan fingerprint density at radius 3 is 0.975 bits per heavy atom. The number of halogens is 1. The summed E-state index contributed by atoms with van der Waals surface area (Å²) in [4.78, 5) is 61.6. The Kier molecular flexibility index (Phi) is 27.9. The van der Waals surface area contributed by atoms with Crippen LogP contribution in [0.15, 0.2) is 193 Å². The van der Waals surface area contributed by atoms with Gasteiger partial charge in [0.2, 0.25) is 23.6 Å². The Labute approximate surface area is 713 Å². The van der Waals surface area contributed by atoms with E-state index in [1.54, 1.807) is 51.1 Å². The molecule has 628 valence electrons. The fourth-order valence-corrected chi connectivity index (χ4v) is 13.8. The van der Waals surface area contributed by atoms with Crippen molar-refractivity contribution in [3.8, 4) is 45.8 Å². The maximum atomic E-state index is 11.9. The maximum Gasteiger partial charge on any atom is 0.495 e. The monoisotopic (exact) mass is 1710 g/mol. The zero-order valence-corrected chi connectivity index (χ0v) is 71.8. The molecule has 12 aromatic rings. The van der Waals surface area contributed by atoms with E-state index in [1.165, 1.54) is 48.4 Å². The topological polar surface area (TPSA) is 433 Å². The number of amides is 2. The summed E-state index contributed by atoms with van der Waals surface area (Å²) >= 11 is 3.10. The molecule has 0 unspecified atom stereocenters. The van der Waals surface area contributed by atoms with Crippen molar-refractivity contribution in [2.24, 2.45) is 5.73 Å². The summed E-state index contributed by atoms with van der Waals surface area (Å²) in [5, 5.41) is 68.1. The van der Waals surface area contributed by atoms with Crippen LogP contribution < -0.4 is 37.6 Å². The van der Waals surface area contributed by atoms with Gasteiger partial charge >= 0.3 is 43.1 Å². The van der Waals surface area contributed by atoms with Gasteiger partial charge in [-0.15, -0.1) is 20.4 Å². The zero-order valence-electron chi connectivity index (χ0n) is 70.2. The second-order valence-corrected chi connectivity index (χ2v) is 31.7. The molecule has 0 spiro atoms. The van der Waals surface area contributed by atoms with Gasteiger partial charge in [-0.05, 0) is 271 Å². The third kappa shape index (κ3) is 21.0. The first-order chi connectivity index (χ1) is 58.5. The molecule has 0 radical (unpaired) electrons. The molecule has 4 aliphatic carbocycles. The second kappa shape index (κ2) is 38.7. The number of allylic oxidation sites excluding steroid dienone is 4. The highest BCUT2D eigenvalue weighted by Crippen LogP contribution is 2.45. The van der Waals surface area contributed by atoms with Crippen molar-refractivity contribution in [2.75, 3.05) is 42.4 Å². The second-order valence-electron chi connectivity index (χ2n) is 30.8. The number of carboxylic acids is 2. The number of carboxylic acid groups (broad SMARTS) is 2. The maximum absolute atomic E-state index is 11.9. The lowest BCUT2D eigenvalue weighted by Gasteiger charge is -2.32. The summed E-state index contributed by atoms with van der Waals surface area (Å²) < 4.78 is 36.1. The smallest absolute Gasteiger partial charge is 0.478 e. The molecule has 8 aromatic heterocycles. The first-order valence-electron chi connectivity index (χ1n) is 39.5. The average molecular weight is 1710 g/mol. The fourth-order valence-electron chi connectivity index (χ4n) is 13.4. The summed E-state index contributed by atoms with van der Waals surface area (Å²) in [5.74, 6) is -0.396. The number of benzene rings is 4. The summed E-state index contributed by atoms with van der Waals surface area (Å²) in [7, 11) is 4.35. The van der Waals surface area contributed by atoms with Crippen LogP contribution in [0.5, 0.6) is 0 Å². The van der Waals surface area contributed by atoms with Gasteiger partial charge in [0.1, 0.15) is 0 Å². The zero-order chi connectivity index (χ0) is 87.3. The van der Waals surface area contributed by atoms with Crippen LogP contribution in [0.2, 0.25) is 0 Å². The van der Waals surface area contributed by atoms with Gasteiger partial charge in [0.25, 0.3) is 11.8 Å². The van der Waals surface area contributed by atoms with Gasteiger partial charge in [-0.2, -0.15) is 0 Å². The summed E-state index contributed by atoms with van der Waals surface area (Å²) in [6, 6.07) is 33.7. The molecule has 0 saturated carbocycles. The number of hydrogen-bond acceptors (Lipinski definition) is 27. The molecule has 17 rings (SSSR count). The van der Waals surface area contributed by atoms with Crippen LogP contribution in [0.4, 0.5) is 24.1 Å². The number of hydrogen-bond donors (Lipinski definition) is 9. The number of nitrogens with two attached hydrogens (primary N) is 1. The lowest BCUT2D eigenvalue weighted by molar-refractivity contribution is 0.00578. The summed E-state index contributed by atoms with van der Waals surface area (Å²) in [5.41, 5.74) is 24.5. The van der Waals surface area contributed by atoms with Gasteiger partial charge < -0.3 is 74.8 Å². The molecule has 0 bridgehead atoms. The third-order valence-corrected chi connectivity index (χ3v) is 20.3.